The number of benzene rings is 2. The van der Waals surface area contributed by atoms with Crippen molar-refractivity contribution in [3.05, 3.63) is 76.6 Å². The molecule has 0 spiro atoms. The van der Waals surface area contributed by atoms with E-state index in [9.17, 15) is 9.59 Å². The van der Waals surface area contributed by atoms with Gasteiger partial charge in [0.1, 0.15) is 0 Å². The molecule has 0 aliphatic rings. The Labute approximate surface area is 189 Å². The molecule has 2 N–H and O–H groups in total. The van der Waals surface area contributed by atoms with Crippen LogP contribution in [0.3, 0.4) is 0 Å². The second-order valence-corrected chi connectivity index (χ2v) is 8.09. The van der Waals surface area contributed by atoms with Gasteiger partial charge in [0, 0.05) is 23.8 Å². The third kappa shape index (κ3) is 6.70. The zero-order chi connectivity index (χ0) is 22.2. The maximum atomic E-state index is 12.2. The fraction of sp³-hybridized carbons (Fsp3) is 0.182. The zero-order valence-electron chi connectivity index (χ0n) is 17.1. The third-order valence-electron chi connectivity index (χ3n) is 4.30. The fourth-order valence-electron chi connectivity index (χ4n) is 2.68. The van der Waals surface area contributed by atoms with E-state index in [1.807, 2.05) is 49.4 Å². The lowest BCUT2D eigenvalue weighted by molar-refractivity contribution is -0.116. The first-order chi connectivity index (χ1) is 14.9. The number of amides is 2. The molecule has 3 aromatic rings. The number of nitrogens with zero attached hydrogens (tertiary/aromatic N) is 3. The highest BCUT2D eigenvalue weighted by Crippen LogP contribution is 2.17. The van der Waals surface area contributed by atoms with Gasteiger partial charge < -0.3 is 15.2 Å². The van der Waals surface area contributed by atoms with Crippen LogP contribution in [-0.2, 0) is 23.2 Å². The number of nitrogens with one attached hydrogen (secondary N) is 2. The van der Waals surface area contributed by atoms with Crippen LogP contribution in [0.25, 0.3) is 6.08 Å². The second-order valence-electron chi connectivity index (χ2n) is 6.74. The van der Waals surface area contributed by atoms with Crippen LogP contribution < -0.4 is 10.6 Å². The van der Waals surface area contributed by atoms with Gasteiger partial charge in [-0.05, 0) is 42.3 Å². The molecule has 2 amide bonds. The fourth-order valence-corrected chi connectivity index (χ4v) is 3.60. The van der Waals surface area contributed by atoms with Crippen LogP contribution >= 0.6 is 23.4 Å². The van der Waals surface area contributed by atoms with Crippen molar-refractivity contribution in [3.8, 4) is 0 Å². The van der Waals surface area contributed by atoms with E-state index in [-0.39, 0.29) is 24.1 Å². The monoisotopic (exact) mass is 455 g/mol. The summed E-state index contributed by atoms with van der Waals surface area (Å²) < 4.78 is 1.75. The van der Waals surface area contributed by atoms with E-state index in [1.54, 1.807) is 23.8 Å². The first kappa shape index (κ1) is 22.6. The van der Waals surface area contributed by atoms with Crippen molar-refractivity contribution in [1.82, 2.24) is 20.1 Å². The summed E-state index contributed by atoms with van der Waals surface area (Å²) >= 11 is 7.35. The summed E-state index contributed by atoms with van der Waals surface area (Å²) in [7, 11) is 1.79. The molecule has 31 heavy (non-hydrogen) atoms. The van der Waals surface area contributed by atoms with Gasteiger partial charge in [-0.2, -0.15) is 0 Å². The SMILES string of the molecule is Cc1cccc(NC(=O)CSc2nnc(CNC(=O)/C=C/c3ccccc3Cl)n2C)c1. The van der Waals surface area contributed by atoms with Gasteiger partial charge in [-0.25, -0.2) is 0 Å². The summed E-state index contributed by atoms with van der Waals surface area (Å²) in [6.07, 6.45) is 3.07. The molecule has 0 atom stereocenters. The van der Waals surface area contributed by atoms with Gasteiger partial charge in [-0.15, -0.1) is 10.2 Å². The Morgan fingerprint density at radius 1 is 1.16 bits per heavy atom. The molecule has 2 aromatic carbocycles. The number of thioether (sulfide) groups is 1. The summed E-state index contributed by atoms with van der Waals surface area (Å²) in [6.45, 7) is 2.18. The average Bonchev–Trinajstić information content (AvgIpc) is 3.09. The predicted molar refractivity (Wildman–Crippen MR) is 124 cm³/mol. The molecule has 7 nitrogen and oxygen atoms in total. The molecule has 9 heteroatoms. The minimum absolute atomic E-state index is 0.127. The van der Waals surface area contributed by atoms with Gasteiger partial charge in [0.2, 0.25) is 11.8 Å². The summed E-state index contributed by atoms with van der Waals surface area (Å²) in [6, 6.07) is 14.9. The van der Waals surface area contributed by atoms with Crippen molar-refractivity contribution >= 4 is 46.9 Å². The Morgan fingerprint density at radius 3 is 2.74 bits per heavy atom. The molecule has 0 aliphatic carbocycles. The molecule has 0 bridgehead atoms. The van der Waals surface area contributed by atoms with Crippen LogP contribution in [0.5, 0.6) is 0 Å². The average molecular weight is 456 g/mol. The maximum Gasteiger partial charge on any atom is 0.244 e. The number of anilines is 1. The Kier molecular flexibility index (Phi) is 7.86. The van der Waals surface area contributed by atoms with Crippen molar-refractivity contribution in [2.45, 2.75) is 18.6 Å². The van der Waals surface area contributed by atoms with Gasteiger partial charge in [-0.1, -0.05) is 53.7 Å². The number of halogens is 1. The zero-order valence-corrected chi connectivity index (χ0v) is 18.7. The molecule has 0 fully saturated rings. The summed E-state index contributed by atoms with van der Waals surface area (Å²) in [5.74, 6) is 0.390. The van der Waals surface area contributed by atoms with E-state index in [2.05, 4.69) is 20.8 Å². The van der Waals surface area contributed by atoms with Crippen molar-refractivity contribution in [2.24, 2.45) is 7.05 Å². The summed E-state index contributed by atoms with van der Waals surface area (Å²) in [5.41, 5.74) is 2.60. The number of hydrogen-bond acceptors (Lipinski definition) is 5. The molecular formula is C22H22ClN5O2S. The topological polar surface area (TPSA) is 88.9 Å². The molecule has 0 unspecified atom stereocenters. The van der Waals surface area contributed by atoms with Crippen molar-refractivity contribution in [2.75, 3.05) is 11.1 Å². The summed E-state index contributed by atoms with van der Waals surface area (Å²) in [5, 5.41) is 15.0. The second kappa shape index (κ2) is 10.8. The number of carbonyl (C=O) groups is 2. The highest BCUT2D eigenvalue weighted by molar-refractivity contribution is 7.99. The summed E-state index contributed by atoms with van der Waals surface area (Å²) in [4.78, 5) is 24.3. The largest absolute Gasteiger partial charge is 0.345 e. The van der Waals surface area contributed by atoms with E-state index in [4.69, 9.17) is 11.6 Å². The molecule has 0 saturated heterocycles. The van der Waals surface area contributed by atoms with E-state index >= 15 is 0 Å². The number of rotatable bonds is 8. The van der Waals surface area contributed by atoms with Crippen LogP contribution in [0.15, 0.2) is 59.8 Å². The predicted octanol–water partition coefficient (Wildman–Crippen LogP) is 3.84. The van der Waals surface area contributed by atoms with E-state index in [0.29, 0.717) is 16.0 Å². The highest BCUT2D eigenvalue weighted by atomic mass is 35.5. The molecule has 0 aliphatic heterocycles. The van der Waals surface area contributed by atoms with Crippen LogP contribution in [0.2, 0.25) is 5.02 Å². The third-order valence-corrected chi connectivity index (χ3v) is 5.66. The smallest absolute Gasteiger partial charge is 0.244 e. The van der Waals surface area contributed by atoms with Gasteiger partial charge >= 0.3 is 0 Å². The van der Waals surface area contributed by atoms with Gasteiger partial charge in [-0.3, -0.25) is 9.59 Å². The number of carbonyl (C=O) groups excluding carboxylic acids is 2. The molecular weight excluding hydrogens is 434 g/mol. The van der Waals surface area contributed by atoms with E-state index < -0.39 is 0 Å². The van der Waals surface area contributed by atoms with Crippen molar-refractivity contribution in [3.63, 3.8) is 0 Å². The number of aromatic nitrogens is 3. The molecule has 1 heterocycles. The van der Waals surface area contributed by atoms with E-state index in [0.717, 1.165) is 16.8 Å². The van der Waals surface area contributed by atoms with Crippen molar-refractivity contribution in [1.29, 1.82) is 0 Å². The lowest BCUT2D eigenvalue weighted by Crippen LogP contribution is -2.22. The first-order valence-electron chi connectivity index (χ1n) is 9.50. The minimum atomic E-state index is -0.269. The first-order valence-corrected chi connectivity index (χ1v) is 10.9. The Hall–Kier alpha value is -3.10. The quantitative estimate of drug-likeness (QED) is 0.398. The number of hydrogen-bond donors (Lipinski definition) is 2. The van der Waals surface area contributed by atoms with Crippen LogP contribution in [-0.4, -0.2) is 32.3 Å². The van der Waals surface area contributed by atoms with E-state index in [1.165, 1.54) is 17.8 Å². The minimum Gasteiger partial charge on any atom is -0.345 e. The van der Waals surface area contributed by atoms with Gasteiger partial charge in [0.25, 0.3) is 0 Å². The van der Waals surface area contributed by atoms with Crippen LogP contribution in [0.1, 0.15) is 17.0 Å². The van der Waals surface area contributed by atoms with Crippen LogP contribution in [0, 0.1) is 6.92 Å². The molecule has 3 rings (SSSR count). The number of aryl methyl sites for hydroxylation is 1. The highest BCUT2D eigenvalue weighted by Gasteiger charge is 2.12. The molecule has 1 aromatic heterocycles. The Bertz CT molecular complexity index is 1110. The standard InChI is InChI=1S/C22H22ClN5O2S/c1-15-6-5-8-17(12-15)25-21(30)14-31-22-27-26-19(28(22)2)13-24-20(29)11-10-16-7-3-4-9-18(16)23/h3-12H,13-14H2,1-2H3,(H,24,29)(H,25,30)/b11-10+. The van der Waals surface area contributed by atoms with Crippen molar-refractivity contribution < 1.29 is 9.59 Å². The maximum absolute atomic E-state index is 12.2. The molecule has 0 saturated carbocycles. The Morgan fingerprint density at radius 2 is 1.97 bits per heavy atom. The van der Waals surface area contributed by atoms with Crippen LogP contribution in [0.4, 0.5) is 5.69 Å². The van der Waals surface area contributed by atoms with Gasteiger partial charge in [0.15, 0.2) is 11.0 Å². The Balaban J connectivity index is 1.49. The van der Waals surface area contributed by atoms with Gasteiger partial charge in [0.05, 0.1) is 12.3 Å². The normalized spacial score (nSPS) is 10.9. The molecule has 160 valence electrons. The lowest BCUT2D eigenvalue weighted by atomic mass is 10.2. The molecule has 0 radical (unpaired) electrons. The lowest BCUT2D eigenvalue weighted by Gasteiger charge is -2.06.